The van der Waals surface area contributed by atoms with Crippen LogP contribution in [0.1, 0.15) is 13.3 Å². The monoisotopic (exact) mass is 369 g/mol. The molecule has 0 aliphatic carbocycles. The van der Waals surface area contributed by atoms with Gasteiger partial charge in [-0.05, 0) is 34.3 Å². The normalized spacial score (nSPS) is 26.4. The molecule has 2 aliphatic heterocycles. The molecular formula is C15H24BrN5O. The van der Waals surface area contributed by atoms with Gasteiger partial charge in [-0.15, -0.1) is 0 Å². The van der Waals surface area contributed by atoms with Crippen LogP contribution in [-0.2, 0) is 0 Å². The molecule has 1 atom stereocenters. The van der Waals surface area contributed by atoms with Gasteiger partial charge in [0.25, 0.3) is 0 Å². The fraction of sp³-hybridized carbons (Fsp3) is 0.733. The van der Waals surface area contributed by atoms with E-state index in [1.807, 2.05) is 0 Å². The van der Waals surface area contributed by atoms with Crippen LogP contribution >= 0.6 is 15.9 Å². The van der Waals surface area contributed by atoms with Crippen LogP contribution in [0.3, 0.4) is 0 Å². The average molecular weight is 370 g/mol. The third-order valence-electron chi connectivity index (χ3n) is 4.61. The first kappa shape index (κ1) is 16.0. The number of hydrogen-bond acceptors (Lipinski definition) is 6. The Hall–Kier alpha value is -0.920. The summed E-state index contributed by atoms with van der Waals surface area (Å²) in [5.41, 5.74) is 0.430. The van der Waals surface area contributed by atoms with E-state index < -0.39 is 0 Å². The molecule has 3 heterocycles. The molecule has 0 amide bonds. The van der Waals surface area contributed by atoms with E-state index >= 15 is 0 Å². The molecule has 1 aromatic heterocycles. The van der Waals surface area contributed by atoms with Crippen molar-refractivity contribution in [2.24, 2.45) is 5.41 Å². The van der Waals surface area contributed by atoms with Crippen LogP contribution in [0.15, 0.2) is 10.7 Å². The molecule has 2 fully saturated rings. The van der Waals surface area contributed by atoms with Crippen LogP contribution in [0.2, 0.25) is 0 Å². The molecule has 22 heavy (non-hydrogen) atoms. The van der Waals surface area contributed by atoms with Gasteiger partial charge in [0.05, 0.1) is 17.8 Å². The second-order valence-electron chi connectivity index (χ2n) is 6.53. The van der Waals surface area contributed by atoms with E-state index in [4.69, 9.17) is 4.74 Å². The van der Waals surface area contributed by atoms with E-state index in [2.05, 4.69) is 47.9 Å². The molecular weight excluding hydrogens is 346 g/mol. The summed E-state index contributed by atoms with van der Waals surface area (Å²) in [6, 6.07) is 0. The van der Waals surface area contributed by atoms with Crippen molar-refractivity contribution in [1.82, 2.24) is 20.2 Å². The van der Waals surface area contributed by atoms with Crippen molar-refractivity contribution in [3.05, 3.63) is 10.7 Å². The molecule has 1 aromatic rings. The third kappa shape index (κ3) is 3.52. The van der Waals surface area contributed by atoms with Crippen LogP contribution in [0.5, 0.6) is 5.88 Å². The smallest absolute Gasteiger partial charge is 0.232 e. The van der Waals surface area contributed by atoms with Gasteiger partial charge in [0.2, 0.25) is 11.8 Å². The van der Waals surface area contributed by atoms with Gasteiger partial charge in [0, 0.05) is 39.3 Å². The molecule has 122 valence electrons. The minimum atomic E-state index is 0.430. The lowest BCUT2D eigenvalue weighted by atomic mass is 9.89. The van der Waals surface area contributed by atoms with Gasteiger partial charge in [-0.2, -0.15) is 4.98 Å². The zero-order chi connectivity index (χ0) is 15.6. The average Bonchev–Trinajstić information content (AvgIpc) is 2.95. The zero-order valence-corrected chi connectivity index (χ0v) is 14.9. The second-order valence-corrected chi connectivity index (χ2v) is 7.38. The molecule has 3 rings (SSSR count). The number of anilines is 1. The predicted octanol–water partition coefficient (Wildman–Crippen LogP) is 1.37. The molecule has 6 nitrogen and oxygen atoms in total. The van der Waals surface area contributed by atoms with Gasteiger partial charge >= 0.3 is 0 Å². The fourth-order valence-corrected chi connectivity index (χ4v) is 3.64. The van der Waals surface area contributed by atoms with Gasteiger partial charge in [-0.25, -0.2) is 4.98 Å². The van der Waals surface area contributed by atoms with Gasteiger partial charge in [-0.3, -0.25) is 4.90 Å². The molecule has 0 bridgehead atoms. The van der Waals surface area contributed by atoms with Crippen LogP contribution in [0.4, 0.5) is 5.95 Å². The quantitative estimate of drug-likeness (QED) is 0.864. The first-order valence-corrected chi connectivity index (χ1v) is 8.63. The summed E-state index contributed by atoms with van der Waals surface area (Å²) in [4.78, 5) is 13.7. The lowest BCUT2D eigenvalue weighted by Crippen LogP contribution is -2.50. The highest BCUT2D eigenvalue weighted by Gasteiger charge is 2.32. The second kappa shape index (κ2) is 6.68. The van der Waals surface area contributed by atoms with E-state index in [1.54, 1.807) is 13.3 Å². The molecule has 1 N–H and O–H groups in total. The highest BCUT2D eigenvalue weighted by atomic mass is 79.9. The predicted molar refractivity (Wildman–Crippen MR) is 90.5 cm³/mol. The highest BCUT2D eigenvalue weighted by Crippen LogP contribution is 2.27. The van der Waals surface area contributed by atoms with Crippen LogP contribution in [0.25, 0.3) is 0 Å². The summed E-state index contributed by atoms with van der Waals surface area (Å²) in [5.74, 6) is 1.35. The Labute approximate surface area is 140 Å². The molecule has 0 saturated carbocycles. The molecule has 0 aromatic carbocycles. The zero-order valence-electron chi connectivity index (χ0n) is 13.3. The van der Waals surface area contributed by atoms with Crippen LogP contribution in [-0.4, -0.2) is 67.8 Å². The molecule has 2 saturated heterocycles. The van der Waals surface area contributed by atoms with Crippen molar-refractivity contribution >= 4 is 21.9 Å². The van der Waals surface area contributed by atoms with Gasteiger partial charge in [0.15, 0.2) is 0 Å². The first-order valence-electron chi connectivity index (χ1n) is 7.84. The van der Waals surface area contributed by atoms with Crippen molar-refractivity contribution in [3.63, 3.8) is 0 Å². The van der Waals surface area contributed by atoms with Crippen LogP contribution in [0, 0.1) is 5.41 Å². The Balaban J connectivity index is 1.57. The number of piperazine rings is 1. The summed E-state index contributed by atoms with van der Waals surface area (Å²) in [6.07, 6.45) is 3.04. The van der Waals surface area contributed by atoms with E-state index in [1.165, 1.54) is 13.0 Å². The van der Waals surface area contributed by atoms with Crippen molar-refractivity contribution in [3.8, 4) is 5.88 Å². The van der Waals surface area contributed by atoms with Crippen molar-refractivity contribution < 1.29 is 4.74 Å². The number of hydrogen-bond donors (Lipinski definition) is 1. The Kier molecular flexibility index (Phi) is 4.84. The van der Waals surface area contributed by atoms with Gasteiger partial charge in [0.1, 0.15) is 0 Å². The number of nitrogens with zero attached hydrogens (tertiary/aromatic N) is 4. The van der Waals surface area contributed by atoms with Crippen molar-refractivity contribution in [1.29, 1.82) is 0 Å². The molecule has 7 heteroatoms. The summed E-state index contributed by atoms with van der Waals surface area (Å²) in [6.45, 7) is 9.93. The standard InChI is InChI=1S/C15H24BrN5O/c1-15(3-4-17-10-15)11-20-5-7-21(8-6-20)14-18-9-12(16)13(19-14)22-2/h9,17H,3-8,10-11H2,1-2H3. The number of methoxy groups -OCH3 is 1. The van der Waals surface area contributed by atoms with Crippen molar-refractivity contribution in [2.45, 2.75) is 13.3 Å². The fourth-order valence-electron chi connectivity index (χ4n) is 3.29. The maximum Gasteiger partial charge on any atom is 0.232 e. The van der Waals surface area contributed by atoms with E-state index in [9.17, 15) is 0 Å². The van der Waals surface area contributed by atoms with Gasteiger partial charge < -0.3 is 15.0 Å². The molecule has 0 spiro atoms. The van der Waals surface area contributed by atoms with E-state index in [-0.39, 0.29) is 0 Å². The molecule has 0 radical (unpaired) electrons. The minimum Gasteiger partial charge on any atom is -0.480 e. The first-order chi connectivity index (χ1) is 10.6. The Morgan fingerprint density at radius 1 is 1.36 bits per heavy atom. The number of halogens is 1. The Bertz CT molecular complexity index is 513. The Morgan fingerprint density at radius 3 is 2.77 bits per heavy atom. The minimum absolute atomic E-state index is 0.430. The SMILES string of the molecule is COc1nc(N2CCN(CC3(C)CCNC3)CC2)ncc1Br. The molecule has 2 aliphatic rings. The van der Waals surface area contributed by atoms with E-state index in [0.717, 1.165) is 49.7 Å². The number of ether oxygens (including phenoxy) is 1. The summed E-state index contributed by atoms with van der Waals surface area (Å²) < 4.78 is 6.05. The summed E-state index contributed by atoms with van der Waals surface area (Å²) in [5, 5.41) is 3.48. The highest BCUT2D eigenvalue weighted by molar-refractivity contribution is 9.10. The number of rotatable bonds is 4. The largest absolute Gasteiger partial charge is 0.480 e. The summed E-state index contributed by atoms with van der Waals surface area (Å²) >= 11 is 3.40. The van der Waals surface area contributed by atoms with Gasteiger partial charge in [-0.1, -0.05) is 6.92 Å². The number of nitrogens with one attached hydrogen (secondary N) is 1. The summed E-state index contributed by atoms with van der Waals surface area (Å²) in [7, 11) is 1.63. The maximum absolute atomic E-state index is 5.26. The van der Waals surface area contributed by atoms with Crippen LogP contribution < -0.4 is 15.0 Å². The molecule has 1 unspecified atom stereocenters. The topological polar surface area (TPSA) is 53.5 Å². The third-order valence-corrected chi connectivity index (χ3v) is 5.15. The number of aromatic nitrogens is 2. The van der Waals surface area contributed by atoms with Crippen molar-refractivity contribution in [2.75, 3.05) is 57.8 Å². The Morgan fingerprint density at radius 2 is 2.14 bits per heavy atom. The maximum atomic E-state index is 5.26. The lowest BCUT2D eigenvalue weighted by Gasteiger charge is -2.38. The van der Waals surface area contributed by atoms with E-state index in [0.29, 0.717) is 11.3 Å². The lowest BCUT2D eigenvalue weighted by molar-refractivity contribution is 0.169.